The van der Waals surface area contributed by atoms with Gasteiger partial charge in [0.05, 0.1) is 10.7 Å². The van der Waals surface area contributed by atoms with E-state index in [1.807, 2.05) is 35.9 Å². The lowest BCUT2D eigenvalue weighted by Crippen LogP contribution is -1.79. The number of hydrogen-bond donors (Lipinski definition) is 0. The number of nitrogens with zero attached hydrogens (tertiary/aromatic N) is 2. The number of hydrogen-bond acceptors (Lipinski definition) is 1. The van der Waals surface area contributed by atoms with E-state index in [0.29, 0.717) is 5.02 Å². The van der Waals surface area contributed by atoms with Crippen LogP contribution in [0.15, 0.2) is 31.1 Å². The van der Waals surface area contributed by atoms with Crippen LogP contribution < -0.4 is 0 Å². The number of rotatable bonds is 1. The third kappa shape index (κ3) is 1.45. The summed E-state index contributed by atoms with van der Waals surface area (Å²) in [6, 6.07) is 3.71. The van der Waals surface area contributed by atoms with Gasteiger partial charge < -0.3 is 4.40 Å². The molecule has 2 nitrogen and oxygen atoms in total. The van der Waals surface area contributed by atoms with Crippen molar-refractivity contribution in [2.45, 2.75) is 6.92 Å². The Labute approximate surface area is 81.5 Å². The third-order valence-electron chi connectivity index (χ3n) is 1.85. The lowest BCUT2D eigenvalue weighted by atomic mass is 10.3. The molecule has 3 heteroatoms. The summed E-state index contributed by atoms with van der Waals surface area (Å²) < 4.78 is 1.90. The number of imidazole rings is 1. The Balaban J connectivity index is 2.68. The van der Waals surface area contributed by atoms with E-state index in [1.165, 1.54) is 0 Å². The van der Waals surface area contributed by atoms with Gasteiger partial charge in [0.2, 0.25) is 0 Å². The highest BCUT2D eigenvalue weighted by Crippen LogP contribution is 2.15. The van der Waals surface area contributed by atoms with Crippen molar-refractivity contribution in [3.8, 4) is 0 Å². The van der Waals surface area contributed by atoms with Gasteiger partial charge in [0.1, 0.15) is 5.65 Å². The van der Waals surface area contributed by atoms with E-state index < -0.39 is 0 Å². The predicted molar refractivity (Wildman–Crippen MR) is 54.9 cm³/mol. The topological polar surface area (TPSA) is 17.3 Å². The molecule has 0 aliphatic heterocycles. The molecular weight excluding hydrogens is 184 g/mol. The van der Waals surface area contributed by atoms with Crippen LogP contribution in [-0.4, -0.2) is 9.38 Å². The highest BCUT2D eigenvalue weighted by atomic mass is 35.5. The summed E-state index contributed by atoms with van der Waals surface area (Å²) in [5.41, 5.74) is 2.75. The molecule has 0 spiro atoms. The molecule has 13 heavy (non-hydrogen) atoms. The first-order valence-corrected chi connectivity index (χ1v) is 4.35. The second-order valence-corrected chi connectivity index (χ2v) is 3.46. The molecule has 66 valence electrons. The molecule has 0 atom stereocenters. The average molecular weight is 193 g/mol. The van der Waals surface area contributed by atoms with Crippen LogP contribution in [0.5, 0.6) is 0 Å². The summed E-state index contributed by atoms with van der Waals surface area (Å²) in [4.78, 5) is 4.36. The Kier molecular flexibility index (Phi) is 1.85. The van der Waals surface area contributed by atoms with Crippen LogP contribution in [0.25, 0.3) is 11.2 Å². The maximum Gasteiger partial charge on any atom is 0.137 e. The molecular formula is C10H9ClN2. The van der Waals surface area contributed by atoms with Crippen LogP contribution >= 0.6 is 11.6 Å². The highest BCUT2D eigenvalue weighted by Gasteiger charge is 2.01. The standard InChI is InChI=1S/C10H9ClN2/c1-7(2)9-6-13-5-8(11)3-4-10(13)12-9/h3-6H,1H2,2H3. The summed E-state index contributed by atoms with van der Waals surface area (Å²) >= 11 is 5.84. The summed E-state index contributed by atoms with van der Waals surface area (Å²) in [7, 11) is 0. The monoisotopic (exact) mass is 192 g/mol. The molecule has 0 saturated carbocycles. The van der Waals surface area contributed by atoms with Gasteiger partial charge in [-0.1, -0.05) is 18.2 Å². The average Bonchev–Trinajstić information content (AvgIpc) is 2.46. The molecule has 0 aromatic carbocycles. The van der Waals surface area contributed by atoms with Crippen LogP contribution in [-0.2, 0) is 0 Å². The smallest absolute Gasteiger partial charge is 0.137 e. The molecule has 0 N–H and O–H groups in total. The third-order valence-corrected chi connectivity index (χ3v) is 2.08. The first kappa shape index (κ1) is 8.32. The molecule has 0 unspecified atom stereocenters. The zero-order chi connectivity index (χ0) is 9.42. The van der Waals surface area contributed by atoms with E-state index in [4.69, 9.17) is 11.6 Å². The SMILES string of the molecule is C=C(C)c1cn2cc(Cl)ccc2n1. The summed E-state index contributed by atoms with van der Waals surface area (Å²) in [5.74, 6) is 0. The van der Waals surface area contributed by atoms with Crippen LogP contribution in [0.1, 0.15) is 12.6 Å². The first-order chi connectivity index (χ1) is 6.16. The van der Waals surface area contributed by atoms with Gasteiger partial charge in [-0.3, -0.25) is 0 Å². The minimum atomic E-state index is 0.707. The first-order valence-electron chi connectivity index (χ1n) is 3.97. The molecule has 0 fully saturated rings. The van der Waals surface area contributed by atoms with Crippen molar-refractivity contribution < 1.29 is 0 Å². The maximum atomic E-state index is 5.84. The van der Waals surface area contributed by atoms with E-state index in [1.54, 1.807) is 0 Å². The van der Waals surface area contributed by atoms with Crippen LogP contribution in [0.3, 0.4) is 0 Å². The lowest BCUT2D eigenvalue weighted by molar-refractivity contribution is 1.19. The zero-order valence-corrected chi connectivity index (χ0v) is 8.04. The molecule has 2 aromatic heterocycles. The Morgan fingerprint density at radius 2 is 2.23 bits per heavy atom. The minimum Gasteiger partial charge on any atom is -0.305 e. The molecule has 0 aliphatic carbocycles. The number of aromatic nitrogens is 2. The number of allylic oxidation sites excluding steroid dienone is 1. The van der Waals surface area contributed by atoms with Crippen molar-refractivity contribution in [2.75, 3.05) is 0 Å². The lowest BCUT2D eigenvalue weighted by Gasteiger charge is -1.91. The largest absolute Gasteiger partial charge is 0.305 e. The van der Waals surface area contributed by atoms with Gasteiger partial charge in [-0.15, -0.1) is 0 Å². The zero-order valence-electron chi connectivity index (χ0n) is 7.29. The fourth-order valence-electron chi connectivity index (χ4n) is 1.17. The number of halogens is 1. The quantitative estimate of drug-likeness (QED) is 0.679. The van der Waals surface area contributed by atoms with Crippen LogP contribution in [0, 0.1) is 0 Å². The van der Waals surface area contributed by atoms with Crippen LogP contribution in [0.4, 0.5) is 0 Å². The molecule has 0 aliphatic rings. The Morgan fingerprint density at radius 1 is 1.46 bits per heavy atom. The normalized spacial score (nSPS) is 10.6. The maximum absolute atomic E-state index is 5.84. The molecule has 0 radical (unpaired) electrons. The molecule has 0 saturated heterocycles. The van der Waals surface area contributed by atoms with E-state index in [9.17, 15) is 0 Å². The van der Waals surface area contributed by atoms with Gasteiger partial charge in [0.25, 0.3) is 0 Å². The minimum absolute atomic E-state index is 0.707. The van der Waals surface area contributed by atoms with E-state index >= 15 is 0 Å². The van der Waals surface area contributed by atoms with Gasteiger partial charge in [0.15, 0.2) is 0 Å². The van der Waals surface area contributed by atoms with Crippen molar-refractivity contribution in [2.24, 2.45) is 0 Å². The Hall–Kier alpha value is -1.28. The highest BCUT2D eigenvalue weighted by molar-refractivity contribution is 6.30. The second kappa shape index (κ2) is 2.89. The summed E-state index contributed by atoms with van der Waals surface area (Å²) in [6.07, 6.45) is 3.75. The van der Waals surface area contributed by atoms with Gasteiger partial charge in [-0.2, -0.15) is 0 Å². The van der Waals surface area contributed by atoms with Crippen molar-refractivity contribution in [1.82, 2.24) is 9.38 Å². The predicted octanol–water partition coefficient (Wildman–Crippen LogP) is 3.02. The molecule has 2 aromatic rings. The van der Waals surface area contributed by atoms with Gasteiger partial charge in [-0.25, -0.2) is 4.98 Å². The molecule has 0 bridgehead atoms. The van der Waals surface area contributed by atoms with Crippen LogP contribution in [0.2, 0.25) is 5.02 Å². The van der Waals surface area contributed by atoms with Crippen molar-refractivity contribution in [3.63, 3.8) is 0 Å². The fraction of sp³-hybridized carbons (Fsp3) is 0.100. The van der Waals surface area contributed by atoms with Gasteiger partial charge in [0, 0.05) is 12.4 Å². The van der Waals surface area contributed by atoms with Crippen molar-refractivity contribution >= 4 is 22.8 Å². The Bertz CT molecular complexity index is 471. The molecule has 2 rings (SSSR count). The van der Waals surface area contributed by atoms with Crippen molar-refractivity contribution in [3.05, 3.63) is 41.8 Å². The number of pyridine rings is 1. The van der Waals surface area contributed by atoms with E-state index in [-0.39, 0.29) is 0 Å². The van der Waals surface area contributed by atoms with E-state index in [2.05, 4.69) is 11.6 Å². The fourth-order valence-corrected chi connectivity index (χ4v) is 1.34. The number of fused-ring (bicyclic) bond motifs is 1. The van der Waals surface area contributed by atoms with Crippen molar-refractivity contribution in [1.29, 1.82) is 0 Å². The molecule has 2 heterocycles. The van der Waals surface area contributed by atoms with E-state index in [0.717, 1.165) is 16.9 Å². The second-order valence-electron chi connectivity index (χ2n) is 3.02. The van der Waals surface area contributed by atoms with Gasteiger partial charge in [-0.05, 0) is 24.6 Å². The van der Waals surface area contributed by atoms with Gasteiger partial charge >= 0.3 is 0 Å². The summed E-state index contributed by atoms with van der Waals surface area (Å²) in [5, 5.41) is 0.707. The molecule has 0 amide bonds. The summed E-state index contributed by atoms with van der Waals surface area (Å²) in [6.45, 7) is 5.77. The Morgan fingerprint density at radius 3 is 2.92 bits per heavy atom.